The number of hydrogen-bond acceptors (Lipinski definition) is 2. The Morgan fingerprint density at radius 3 is 2.39 bits per heavy atom. The van der Waals surface area contributed by atoms with E-state index in [1.54, 1.807) is 14.2 Å². The highest BCUT2D eigenvalue weighted by Crippen LogP contribution is 2.31. The number of fused-ring (bicyclic) bond motifs is 6. The lowest BCUT2D eigenvalue weighted by Crippen LogP contribution is -2.21. The predicted molar refractivity (Wildman–Crippen MR) is 125 cm³/mol. The molecule has 0 bridgehead atoms. The molecule has 0 spiro atoms. The summed E-state index contributed by atoms with van der Waals surface area (Å²) in [5.74, 6) is 2.06. The molecule has 3 aliphatic carbocycles. The first-order chi connectivity index (χ1) is 15.2. The van der Waals surface area contributed by atoms with Gasteiger partial charge in [-0.1, -0.05) is 60.2 Å². The molecule has 0 unspecified atom stereocenters. The summed E-state index contributed by atoms with van der Waals surface area (Å²) in [6, 6.07) is 17.9. The highest BCUT2D eigenvalue weighted by atomic mass is 16.5. The van der Waals surface area contributed by atoms with E-state index in [9.17, 15) is 0 Å². The Kier molecular flexibility index (Phi) is 4.14. The Morgan fingerprint density at radius 2 is 1.52 bits per heavy atom. The summed E-state index contributed by atoms with van der Waals surface area (Å²) in [5, 5.41) is 7.87. The first kappa shape index (κ1) is 18.3. The van der Waals surface area contributed by atoms with Gasteiger partial charge in [0.15, 0.2) is 0 Å². The highest BCUT2D eigenvalue weighted by Gasteiger charge is 2.19. The standard InChI is InChI=1S/C29H24O2/c1-30-24-11-12-27-19(15-24)8-10-21-14-23-17-25(31-2)16-22(23)13-20-9-7-18-5-3-4-6-26(18)28(20)29(21)27/h3-13,16H,14-15,17H2,1-2H3/b20-13-,29-28-. The van der Waals surface area contributed by atoms with Crippen molar-refractivity contribution in [2.75, 3.05) is 14.2 Å². The third-order valence-corrected chi connectivity index (χ3v) is 6.79. The highest BCUT2D eigenvalue weighted by molar-refractivity contribution is 5.84. The first-order valence-corrected chi connectivity index (χ1v) is 10.8. The second-order valence-electron chi connectivity index (χ2n) is 8.48. The fourth-order valence-corrected chi connectivity index (χ4v) is 5.22. The van der Waals surface area contributed by atoms with Gasteiger partial charge in [0, 0.05) is 12.8 Å². The molecule has 2 nitrogen and oxygen atoms in total. The van der Waals surface area contributed by atoms with Gasteiger partial charge in [-0.05, 0) is 73.0 Å². The van der Waals surface area contributed by atoms with E-state index in [0.29, 0.717) is 0 Å². The van der Waals surface area contributed by atoms with Crippen molar-refractivity contribution < 1.29 is 9.47 Å². The number of allylic oxidation sites excluding steroid dienone is 5. The van der Waals surface area contributed by atoms with Crippen LogP contribution in [0, 0.1) is 10.4 Å². The summed E-state index contributed by atoms with van der Waals surface area (Å²) in [5.41, 5.74) is 5.44. The van der Waals surface area contributed by atoms with E-state index >= 15 is 0 Å². The minimum absolute atomic E-state index is 0.836. The molecule has 0 heterocycles. The van der Waals surface area contributed by atoms with Crippen LogP contribution >= 0.6 is 0 Å². The first-order valence-electron chi connectivity index (χ1n) is 10.8. The van der Waals surface area contributed by atoms with Crippen molar-refractivity contribution in [2.45, 2.75) is 19.3 Å². The quantitative estimate of drug-likeness (QED) is 0.623. The minimum Gasteiger partial charge on any atom is -0.501 e. The fraction of sp³-hybridized carbons (Fsp3) is 0.172. The summed E-state index contributed by atoms with van der Waals surface area (Å²) in [4.78, 5) is 0. The molecule has 3 aromatic carbocycles. The summed E-state index contributed by atoms with van der Waals surface area (Å²) in [6.07, 6.45) is 11.6. The smallest absolute Gasteiger partial charge is 0.100 e. The Hall–Kier alpha value is -3.52. The zero-order chi connectivity index (χ0) is 20.9. The van der Waals surface area contributed by atoms with Crippen LogP contribution in [-0.4, -0.2) is 14.2 Å². The van der Waals surface area contributed by atoms with Crippen LogP contribution in [0.3, 0.4) is 0 Å². The predicted octanol–water partition coefficient (Wildman–Crippen LogP) is 4.56. The molecule has 0 radical (unpaired) electrons. The lowest BCUT2D eigenvalue weighted by Gasteiger charge is -2.16. The van der Waals surface area contributed by atoms with E-state index < -0.39 is 0 Å². The van der Waals surface area contributed by atoms with Gasteiger partial charge < -0.3 is 9.47 Å². The average Bonchev–Trinajstić information content (AvgIpc) is 3.18. The monoisotopic (exact) mass is 404 g/mol. The largest absolute Gasteiger partial charge is 0.501 e. The van der Waals surface area contributed by atoms with Crippen LogP contribution in [0.2, 0.25) is 0 Å². The fourth-order valence-electron chi connectivity index (χ4n) is 5.22. The number of hydrogen-bond donors (Lipinski definition) is 0. The molecular formula is C29H24O2. The normalized spacial score (nSPS) is 18.7. The van der Waals surface area contributed by atoms with E-state index in [4.69, 9.17) is 9.47 Å². The topological polar surface area (TPSA) is 18.5 Å². The Balaban J connectivity index is 1.86. The van der Waals surface area contributed by atoms with Crippen LogP contribution in [0.4, 0.5) is 0 Å². The van der Waals surface area contributed by atoms with Crippen molar-refractivity contribution in [3.8, 4) is 0 Å². The Bertz CT molecular complexity index is 1570. The zero-order valence-electron chi connectivity index (χ0n) is 17.9. The van der Waals surface area contributed by atoms with Crippen molar-refractivity contribution in [1.82, 2.24) is 0 Å². The van der Waals surface area contributed by atoms with Gasteiger partial charge in [-0.25, -0.2) is 0 Å². The van der Waals surface area contributed by atoms with Gasteiger partial charge in [-0.2, -0.15) is 0 Å². The minimum atomic E-state index is 0.836. The summed E-state index contributed by atoms with van der Waals surface area (Å²) in [6.45, 7) is 0. The summed E-state index contributed by atoms with van der Waals surface area (Å²) < 4.78 is 11.2. The lowest BCUT2D eigenvalue weighted by molar-refractivity contribution is 0.283. The molecule has 3 aliphatic rings. The van der Waals surface area contributed by atoms with Gasteiger partial charge >= 0.3 is 0 Å². The van der Waals surface area contributed by atoms with Crippen molar-refractivity contribution >= 4 is 22.9 Å². The average molecular weight is 405 g/mol. The zero-order valence-corrected chi connectivity index (χ0v) is 17.9. The van der Waals surface area contributed by atoms with Crippen LogP contribution in [-0.2, 0) is 22.3 Å². The Labute approximate surface area is 181 Å². The summed E-state index contributed by atoms with van der Waals surface area (Å²) >= 11 is 0. The van der Waals surface area contributed by atoms with Crippen LogP contribution in [0.25, 0.3) is 22.9 Å². The molecule has 0 saturated carbocycles. The maximum Gasteiger partial charge on any atom is 0.100 e. The molecule has 31 heavy (non-hydrogen) atoms. The molecule has 152 valence electrons. The number of methoxy groups -OCH3 is 2. The van der Waals surface area contributed by atoms with Gasteiger partial charge in [0.2, 0.25) is 0 Å². The molecule has 0 amide bonds. The number of rotatable bonds is 2. The number of benzene rings is 3. The molecule has 0 N–H and O–H groups in total. The van der Waals surface area contributed by atoms with E-state index in [2.05, 4.69) is 72.8 Å². The van der Waals surface area contributed by atoms with Crippen LogP contribution < -0.4 is 10.4 Å². The van der Waals surface area contributed by atoms with Gasteiger partial charge in [0.25, 0.3) is 0 Å². The van der Waals surface area contributed by atoms with Gasteiger partial charge in [0.05, 0.1) is 20.0 Å². The third-order valence-electron chi connectivity index (χ3n) is 6.79. The molecular weight excluding hydrogens is 380 g/mol. The molecule has 0 aromatic heterocycles. The third kappa shape index (κ3) is 2.86. The molecule has 0 fully saturated rings. The van der Waals surface area contributed by atoms with Crippen molar-refractivity contribution in [2.24, 2.45) is 0 Å². The van der Waals surface area contributed by atoms with Crippen molar-refractivity contribution in [3.05, 3.63) is 115 Å². The molecule has 6 rings (SSSR count). The lowest BCUT2D eigenvalue weighted by atomic mass is 9.89. The SMILES string of the molecule is COC1=CC2=C(C1)Cc1ccc3c(/c1=c1/c(ccc4ccccc14)=C\2)=CC=C(OC)C3. The second kappa shape index (κ2) is 7.02. The maximum atomic E-state index is 5.62. The van der Waals surface area contributed by atoms with E-state index in [0.717, 1.165) is 30.8 Å². The van der Waals surface area contributed by atoms with Crippen molar-refractivity contribution in [3.63, 3.8) is 0 Å². The second-order valence-corrected chi connectivity index (χ2v) is 8.48. The molecule has 3 aromatic rings. The molecule has 0 atom stereocenters. The van der Waals surface area contributed by atoms with Gasteiger partial charge in [0.1, 0.15) is 5.76 Å². The van der Waals surface area contributed by atoms with Crippen LogP contribution in [0.1, 0.15) is 17.5 Å². The van der Waals surface area contributed by atoms with Gasteiger partial charge in [-0.15, -0.1) is 0 Å². The van der Waals surface area contributed by atoms with Crippen LogP contribution in [0.5, 0.6) is 0 Å². The summed E-state index contributed by atoms with van der Waals surface area (Å²) in [7, 11) is 3.52. The Morgan fingerprint density at radius 1 is 0.677 bits per heavy atom. The molecule has 0 saturated heterocycles. The van der Waals surface area contributed by atoms with E-state index in [1.807, 2.05) is 0 Å². The van der Waals surface area contributed by atoms with E-state index in [-0.39, 0.29) is 0 Å². The van der Waals surface area contributed by atoms with E-state index in [1.165, 1.54) is 53.9 Å². The van der Waals surface area contributed by atoms with Crippen molar-refractivity contribution in [1.29, 1.82) is 0 Å². The number of ether oxygens (including phenoxy) is 2. The maximum absolute atomic E-state index is 5.62. The molecule has 0 aliphatic heterocycles. The van der Waals surface area contributed by atoms with Gasteiger partial charge in [-0.3, -0.25) is 0 Å². The van der Waals surface area contributed by atoms with Crippen LogP contribution in [0.15, 0.2) is 83.3 Å². The molecule has 2 heteroatoms.